The number of sulfonamides is 1. The summed E-state index contributed by atoms with van der Waals surface area (Å²) in [6.07, 6.45) is -0.156. The van der Waals surface area contributed by atoms with Crippen molar-refractivity contribution in [1.29, 1.82) is 0 Å². The molecule has 0 spiro atoms. The van der Waals surface area contributed by atoms with E-state index >= 15 is 0 Å². The fraction of sp³-hybridized carbons (Fsp3) is 0.238. The zero-order valence-electron chi connectivity index (χ0n) is 16.3. The summed E-state index contributed by atoms with van der Waals surface area (Å²) in [5.74, 6) is -0.332. The van der Waals surface area contributed by atoms with E-state index in [1.54, 1.807) is 38.1 Å². The molecule has 152 valence electrons. The molecule has 0 amide bonds. The predicted octanol–water partition coefficient (Wildman–Crippen LogP) is 2.99. The van der Waals surface area contributed by atoms with Crippen LogP contribution in [0, 0.1) is 20.8 Å². The monoisotopic (exact) mass is 415 g/mol. The summed E-state index contributed by atoms with van der Waals surface area (Å²) in [4.78, 5) is 24.0. The van der Waals surface area contributed by atoms with E-state index in [0.717, 1.165) is 11.1 Å². The number of hydrogen-bond acceptors (Lipinski definition) is 6. The molecule has 0 saturated carbocycles. The van der Waals surface area contributed by atoms with Crippen LogP contribution in [0.5, 0.6) is 5.75 Å². The van der Waals surface area contributed by atoms with Crippen molar-refractivity contribution in [3.8, 4) is 5.75 Å². The normalized spacial score (nSPS) is 11.6. The molecule has 8 heteroatoms. The molecule has 0 fully saturated rings. The Balaban J connectivity index is 1.70. The molecule has 0 saturated heterocycles. The number of fused-ring (bicyclic) bond motifs is 1. The molecular weight excluding hydrogens is 394 g/mol. The zero-order valence-corrected chi connectivity index (χ0v) is 17.1. The maximum Gasteiger partial charge on any atom is 0.336 e. The summed E-state index contributed by atoms with van der Waals surface area (Å²) in [5, 5.41) is 0.531. The fourth-order valence-corrected chi connectivity index (χ4v) is 3.95. The van der Waals surface area contributed by atoms with Gasteiger partial charge in [0.25, 0.3) is 0 Å². The molecule has 0 unspecified atom stereocenters. The highest BCUT2D eigenvalue weighted by Crippen LogP contribution is 2.29. The third-order valence-corrected chi connectivity index (χ3v) is 5.80. The molecule has 2 aromatic carbocycles. The molecule has 3 rings (SSSR count). The van der Waals surface area contributed by atoms with Crippen molar-refractivity contribution in [3.63, 3.8) is 0 Å². The number of rotatable bonds is 6. The Morgan fingerprint density at radius 3 is 2.41 bits per heavy atom. The number of aryl methyl sites for hydroxylation is 3. The molecule has 0 aliphatic carbocycles. The van der Waals surface area contributed by atoms with Gasteiger partial charge in [0, 0.05) is 12.6 Å². The van der Waals surface area contributed by atoms with E-state index in [2.05, 4.69) is 4.72 Å². The van der Waals surface area contributed by atoms with Gasteiger partial charge in [0.05, 0.1) is 16.7 Å². The minimum Gasteiger partial charge on any atom is -0.426 e. The molecule has 1 N–H and O–H groups in total. The maximum absolute atomic E-state index is 12.3. The van der Waals surface area contributed by atoms with Crippen LogP contribution in [-0.2, 0) is 14.8 Å². The first-order valence-corrected chi connectivity index (χ1v) is 10.5. The Morgan fingerprint density at radius 1 is 1.03 bits per heavy atom. The average molecular weight is 415 g/mol. The van der Waals surface area contributed by atoms with Crippen molar-refractivity contribution < 1.29 is 22.4 Å². The van der Waals surface area contributed by atoms with Crippen molar-refractivity contribution in [2.24, 2.45) is 0 Å². The van der Waals surface area contributed by atoms with Crippen LogP contribution in [0.4, 0.5) is 0 Å². The van der Waals surface area contributed by atoms with Crippen LogP contribution < -0.4 is 15.1 Å². The Labute approximate surface area is 168 Å². The second-order valence-corrected chi connectivity index (χ2v) is 8.59. The lowest BCUT2D eigenvalue weighted by Crippen LogP contribution is -2.27. The molecule has 29 heavy (non-hydrogen) atoms. The number of carbonyl (C=O) groups is 1. The second-order valence-electron chi connectivity index (χ2n) is 6.82. The van der Waals surface area contributed by atoms with Crippen molar-refractivity contribution in [2.75, 3.05) is 6.54 Å². The van der Waals surface area contributed by atoms with Crippen LogP contribution in [0.2, 0.25) is 0 Å². The summed E-state index contributed by atoms with van der Waals surface area (Å²) in [6.45, 7) is 5.27. The molecule has 7 nitrogen and oxygen atoms in total. The third kappa shape index (κ3) is 4.90. The lowest BCUT2D eigenvalue weighted by molar-refractivity contribution is -0.134. The van der Waals surface area contributed by atoms with Crippen molar-refractivity contribution in [1.82, 2.24) is 4.72 Å². The quantitative estimate of drug-likeness (QED) is 0.377. The largest absolute Gasteiger partial charge is 0.426 e. The van der Waals surface area contributed by atoms with E-state index in [1.165, 1.54) is 18.2 Å². The van der Waals surface area contributed by atoms with Gasteiger partial charge in [-0.15, -0.1) is 0 Å². The molecule has 0 aliphatic rings. The fourth-order valence-electron chi connectivity index (χ4n) is 2.92. The van der Waals surface area contributed by atoms with Crippen LogP contribution in [0.25, 0.3) is 11.0 Å². The number of benzene rings is 2. The Hall–Kier alpha value is -2.97. The lowest BCUT2D eigenvalue weighted by atomic mass is 10.1. The van der Waals surface area contributed by atoms with Gasteiger partial charge < -0.3 is 9.15 Å². The van der Waals surface area contributed by atoms with E-state index in [-0.39, 0.29) is 23.6 Å². The standard InChI is InChI=1S/C21H21NO6S/c1-13-4-6-16(7-5-13)29(25,26)22-9-8-19(23)27-17-10-14(2)11-18-21(17)15(3)12-20(24)28-18/h4-7,10-12,22H,8-9H2,1-3H3. The van der Waals surface area contributed by atoms with Gasteiger partial charge in [0.15, 0.2) is 0 Å². The molecule has 0 radical (unpaired) electrons. The van der Waals surface area contributed by atoms with Gasteiger partial charge >= 0.3 is 11.6 Å². The van der Waals surface area contributed by atoms with Crippen LogP contribution in [0.1, 0.15) is 23.1 Å². The number of ether oxygens (including phenoxy) is 1. The number of esters is 1. The maximum atomic E-state index is 12.3. The smallest absolute Gasteiger partial charge is 0.336 e. The van der Waals surface area contributed by atoms with Crippen LogP contribution in [0.3, 0.4) is 0 Å². The minimum atomic E-state index is -3.71. The zero-order chi connectivity index (χ0) is 21.2. The summed E-state index contributed by atoms with van der Waals surface area (Å²) in [6, 6.07) is 11.1. The van der Waals surface area contributed by atoms with Gasteiger partial charge in [0.1, 0.15) is 11.3 Å². The molecular formula is C21H21NO6S. The van der Waals surface area contributed by atoms with Gasteiger partial charge in [-0.3, -0.25) is 4.79 Å². The van der Waals surface area contributed by atoms with Gasteiger partial charge in [-0.2, -0.15) is 0 Å². The Kier molecular flexibility index (Phi) is 5.86. The van der Waals surface area contributed by atoms with Crippen molar-refractivity contribution in [3.05, 3.63) is 69.6 Å². The van der Waals surface area contributed by atoms with E-state index in [4.69, 9.17) is 9.15 Å². The van der Waals surface area contributed by atoms with E-state index in [1.807, 2.05) is 6.92 Å². The Bertz CT molecular complexity index is 1230. The van der Waals surface area contributed by atoms with Crippen molar-refractivity contribution in [2.45, 2.75) is 32.1 Å². The lowest BCUT2D eigenvalue weighted by Gasteiger charge is -2.11. The summed E-state index contributed by atoms with van der Waals surface area (Å²) in [5.41, 5.74) is 2.18. The van der Waals surface area contributed by atoms with Crippen LogP contribution >= 0.6 is 0 Å². The molecule has 1 aromatic heterocycles. The summed E-state index contributed by atoms with van der Waals surface area (Å²) >= 11 is 0. The highest BCUT2D eigenvalue weighted by atomic mass is 32.2. The first-order valence-electron chi connectivity index (χ1n) is 8.98. The molecule has 1 heterocycles. The average Bonchev–Trinajstić information content (AvgIpc) is 2.60. The first kappa shape index (κ1) is 20.8. The van der Waals surface area contributed by atoms with Gasteiger partial charge in [-0.05, 0) is 56.2 Å². The minimum absolute atomic E-state index is 0.104. The van der Waals surface area contributed by atoms with Crippen LogP contribution in [0.15, 0.2) is 56.6 Å². The highest BCUT2D eigenvalue weighted by molar-refractivity contribution is 7.89. The van der Waals surface area contributed by atoms with Gasteiger partial charge in [-0.25, -0.2) is 17.9 Å². The second kappa shape index (κ2) is 8.18. The van der Waals surface area contributed by atoms with Gasteiger partial charge in [-0.1, -0.05) is 17.7 Å². The summed E-state index contributed by atoms with van der Waals surface area (Å²) < 4.78 is 37.6. The molecule has 0 bridgehead atoms. The van der Waals surface area contributed by atoms with E-state index in [9.17, 15) is 18.0 Å². The van der Waals surface area contributed by atoms with Gasteiger partial charge in [0.2, 0.25) is 10.0 Å². The number of hydrogen-bond donors (Lipinski definition) is 1. The topological polar surface area (TPSA) is 103 Å². The SMILES string of the molecule is Cc1ccc(S(=O)(=O)NCCC(=O)Oc2cc(C)cc3oc(=O)cc(C)c23)cc1. The summed E-state index contributed by atoms with van der Waals surface area (Å²) in [7, 11) is -3.71. The number of nitrogens with one attached hydrogen (secondary N) is 1. The van der Waals surface area contributed by atoms with Crippen LogP contribution in [-0.4, -0.2) is 20.9 Å². The predicted molar refractivity (Wildman–Crippen MR) is 109 cm³/mol. The van der Waals surface area contributed by atoms with E-state index in [0.29, 0.717) is 16.5 Å². The third-order valence-electron chi connectivity index (χ3n) is 4.33. The van der Waals surface area contributed by atoms with E-state index < -0.39 is 21.6 Å². The molecule has 0 aliphatic heterocycles. The van der Waals surface area contributed by atoms with Crippen molar-refractivity contribution >= 4 is 27.0 Å². The highest BCUT2D eigenvalue weighted by Gasteiger charge is 2.16. The molecule has 0 atom stereocenters. The molecule has 3 aromatic rings. The first-order chi connectivity index (χ1) is 13.7. The Morgan fingerprint density at radius 2 is 1.72 bits per heavy atom. The number of carbonyl (C=O) groups excluding carboxylic acids is 1.